The molecule has 0 aromatic carbocycles. The normalized spacial score (nSPS) is 8.50. The predicted octanol–water partition coefficient (Wildman–Crippen LogP) is -1.14. The summed E-state index contributed by atoms with van der Waals surface area (Å²) in [4.78, 5) is 0. The summed E-state index contributed by atoms with van der Waals surface area (Å²) in [6.45, 7) is 10.8. The van der Waals surface area contributed by atoms with Gasteiger partial charge < -0.3 is 4.57 Å². The van der Waals surface area contributed by atoms with E-state index in [-0.39, 0.29) is 78.6 Å². The Balaban J connectivity index is 0. The molecule has 0 saturated heterocycles. The zero-order chi connectivity index (χ0) is 9.14. The van der Waals surface area contributed by atoms with Gasteiger partial charge in [0, 0.05) is 32.3 Å². The largest absolute Gasteiger partial charge is 1.00 e. The Morgan fingerprint density at radius 1 is 1.43 bits per heavy atom. The van der Waals surface area contributed by atoms with Crippen LogP contribution in [-0.2, 0) is 27.0 Å². The van der Waals surface area contributed by atoms with E-state index in [0.717, 1.165) is 23.4 Å². The number of hydrogen-bond donors (Lipinski definition) is 0. The second kappa shape index (κ2) is 8.50. The Bertz CT molecular complexity index is 310. The number of hydrogen-bond acceptors (Lipinski definition) is 0. The maximum absolute atomic E-state index is 3.73. The monoisotopic (exact) mass is 432 g/mol. The fourth-order valence-corrected chi connectivity index (χ4v) is 1.22. The second-order valence-corrected chi connectivity index (χ2v) is 2.81. The van der Waals surface area contributed by atoms with Crippen molar-refractivity contribution in [2.24, 2.45) is 0 Å². The van der Waals surface area contributed by atoms with Crippen LogP contribution in [0.5, 0.6) is 0 Å². The zero-order valence-corrected chi connectivity index (χ0v) is 16.9. The number of aryl methyl sites for hydroxylation is 3. The van der Waals surface area contributed by atoms with E-state index in [1.807, 2.05) is 19.9 Å². The fraction of sp³-hybridized carbons (Fsp3) is 0.364. The zero-order valence-electron chi connectivity index (χ0n) is 9.32. The summed E-state index contributed by atoms with van der Waals surface area (Å²) in [6, 6.07) is 3.26. The van der Waals surface area contributed by atoms with Crippen LogP contribution in [0.4, 0.5) is 0 Å². The summed E-state index contributed by atoms with van der Waals surface area (Å²) >= 11 is 0. The number of rotatable bonds is 2. The molecule has 0 atom stereocenters. The van der Waals surface area contributed by atoms with Gasteiger partial charge in [-0.05, 0) is 13.8 Å². The van der Waals surface area contributed by atoms with Crippen LogP contribution in [0.3, 0.4) is 0 Å². The quantitative estimate of drug-likeness (QED) is 0.411. The molecule has 0 spiro atoms. The molecule has 1 aromatic heterocycles. The summed E-state index contributed by atoms with van der Waals surface area (Å²) < 4.78 is 2.06. The standard InChI is InChI=1S/C11H14N.Rb.Re/c1-5-11-7-10(4)12(6-2)8-9(11)3;;/h5H,1,6H2,2-4H3;;/q-1;+1;. The Labute approximate surface area is 149 Å². The minimum atomic E-state index is 0. The van der Waals surface area contributed by atoms with E-state index in [1.54, 1.807) is 0 Å². The van der Waals surface area contributed by atoms with Crippen molar-refractivity contribution < 1.29 is 83.2 Å². The Kier molecular flexibility index (Phi) is 10.8. The van der Waals surface area contributed by atoms with Gasteiger partial charge in [-0.15, -0.1) is 6.92 Å². The summed E-state index contributed by atoms with van der Waals surface area (Å²) in [5, 5.41) is 0. The molecule has 71 valence electrons. The van der Waals surface area contributed by atoms with Gasteiger partial charge in [0.1, 0.15) is 6.54 Å². The smallest absolute Gasteiger partial charge is 0.331 e. The second-order valence-electron chi connectivity index (χ2n) is 2.81. The summed E-state index contributed by atoms with van der Waals surface area (Å²) in [7, 11) is 0. The molecule has 0 amide bonds. The fourth-order valence-electron chi connectivity index (χ4n) is 1.22. The maximum atomic E-state index is 3.73. The van der Waals surface area contributed by atoms with Crippen molar-refractivity contribution in [1.82, 2.24) is 0 Å². The molecule has 0 bridgehead atoms. The van der Waals surface area contributed by atoms with Gasteiger partial charge in [0.25, 0.3) is 0 Å². The maximum Gasteiger partial charge on any atom is 1.00 e. The van der Waals surface area contributed by atoms with Gasteiger partial charge in [-0.2, -0.15) is 6.58 Å². The third kappa shape index (κ3) is 4.47. The van der Waals surface area contributed by atoms with Crippen molar-refractivity contribution in [3.63, 3.8) is 0 Å². The van der Waals surface area contributed by atoms with Crippen LogP contribution in [0.2, 0.25) is 0 Å². The van der Waals surface area contributed by atoms with Gasteiger partial charge >= 0.3 is 58.2 Å². The van der Waals surface area contributed by atoms with Crippen LogP contribution in [0.15, 0.2) is 6.58 Å². The number of nitrogens with zero attached hydrogens (tertiary/aromatic N) is 1. The molecule has 0 aliphatic heterocycles. The van der Waals surface area contributed by atoms with Crippen molar-refractivity contribution in [3.05, 3.63) is 35.7 Å². The van der Waals surface area contributed by atoms with Crippen LogP contribution in [-0.4, -0.2) is 0 Å². The molecule has 1 radical (unpaired) electrons. The van der Waals surface area contributed by atoms with E-state index in [2.05, 4.69) is 30.3 Å². The first-order valence-electron chi connectivity index (χ1n) is 4.17. The molecule has 0 fully saturated rings. The minimum Gasteiger partial charge on any atom is -0.331 e. The average Bonchev–Trinajstić information content (AvgIpc) is 2.08. The van der Waals surface area contributed by atoms with Gasteiger partial charge in [-0.1, -0.05) is 0 Å². The van der Waals surface area contributed by atoms with E-state index in [4.69, 9.17) is 0 Å². The van der Waals surface area contributed by atoms with Crippen molar-refractivity contribution in [2.75, 3.05) is 0 Å². The molecule has 0 aliphatic rings. The summed E-state index contributed by atoms with van der Waals surface area (Å²) in [5.41, 5.74) is 3.27. The first-order chi connectivity index (χ1) is 5.69. The van der Waals surface area contributed by atoms with Gasteiger partial charge in [-0.25, -0.2) is 17.7 Å². The Hall–Kier alpha value is 1.36. The van der Waals surface area contributed by atoms with E-state index in [9.17, 15) is 0 Å². The molecule has 0 N–H and O–H groups in total. The van der Waals surface area contributed by atoms with Crippen LogP contribution >= 0.6 is 0 Å². The molecule has 1 rings (SSSR count). The molecule has 3 heteroatoms. The molecular formula is C11H14NRbRe. The summed E-state index contributed by atoms with van der Waals surface area (Å²) in [6.07, 6.45) is 5.08. The van der Waals surface area contributed by atoms with Crippen molar-refractivity contribution in [3.8, 4) is 0 Å². The first kappa shape index (κ1) is 17.7. The van der Waals surface area contributed by atoms with Gasteiger partial charge in [0.05, 0.1) is 0 Å². The van der Waals surface area contributed by atoms with E-state index in [0.29, 0.717) is 0 Å². The summed E-state index contributed by atoms with van der Waals surface area (Å²) in [5.74, 6) is 0. The SMILES string of the molecule is C=Cc1[c-]c(C)[n+](CC)[c-]c1C.[Rb+].[Re]. The van der Waals surface area contributed by atoms with Crippen molar-refractivity contribution >= 4 is 6.08 Å². The van der Waals surface area contributed by atoms with Crippen molar-refractivity contribution in [1.29, 1.82) is 0 Å². The number of pyridine rings is 1. The van der Waals surface area contributed by atoms with Crippen LogP contribution in [0.1, 0.15) is 23.7 Å². The molecule has 14 heavy (non-hydrogen) atoms. The Morgan fingerprint density at radius 2 is 2.00 bits per heavy atom. The predicted molar refractivity (Wildman–Crippen MR) is 49.5 cm³/mol. The van der Waals surface area contributed by atoms with Gasteiger partial charge in [-0.3, -0.25) is 5.56 Å². The number of aromatic nitrogens is 1. The van der Waals surface area contributed by atoms with Crippen LogP contribution in [0.25, 0.3) is 6.08 Å². The van der Waals surface area contributed by atoms with E-state index >= 15 is 0 Å². The molecule has 1 nitrogen and oxygen atoms in total. The minimum absolute atomic E-state index is 0. The molecule has 1 aromatic rings. The van der Waals surface area contributed by atoms with Crippen LogP contribution in [0, 0.1) is 26.1 Å². The first-order valence-corrected chi connectivity index (χ1v) is 4.17. The van der Waals surface area contributed by atoms with Gasteiger partial charge in [0.15, 0.2) is 0 Å². The average molecular weight is 432 g/mol. The third-order valence-corrected chi connectivity index (χ3v) is 1.95. The molecule has 0 aliphatic carbocycles. The topological polar surface area (TPSA) is 3.88 Å². The molecule has 0 saturated carbocycles. The third-order valence-electron chi connectivity index (χ3n) is 1.95. The molecular weight excluding hydrogens is 418 g/mol. The molecule has 1 heterocycles. The van der Waals surface area contributed by atoms with Crippen molar-refractivity contribution in [2.45, 2.75) is 27.3 Å². The van der Waals surface area contributed by atoms with Gasteiger partial charge in [0.2, 0.25) is 0 Å². The Morgan fingerprint density at radius 3 is 2.43 bits per heavy atom. The van der Waals surface area contributed by atoms with Crippen LogP contribution < -0.4 is 62.8 Å². The van der Waals surface area contributed by atoms with E-state index in [1.165, 1.54) is 0 Å². The van der Waals surface area contributed by atoms with E-state index < -0.39 is 0 Å². The molecule has 0 unspecified atom stereocenters.